The Hall–Kier alpha value is -1.90. The molecule has 0 aromatic heterocycles. The lowest BCUT2D eigenvalue weighted by Gasteiger charge is -2.22. The molecular weight excluding hydrogens is 358 g/mol. The van der Waals surface area contributed by atoms with Gasteiger partial charge in [0, 0.05) is 25.3 Å². The molecular formula is C17H19N3O3S2. The van der Waals surface area contributed by atoms with Gasteiger partial charge in [0.25, 0.3) is 5.91 Å². The highest BCUT2D eigenvalue weighted by Gasteiger charge is 2.33. The number of carbonyl (C=O) groups excluding carboxylic acids is 1. The molecule has 0 spiro atoms. The van der Waals surface area contributed by atoms with Crippen LogP contribution in [0.5, 0.6) is 0 Å². The van der Waals surface area contributed by atoms with Crippen molar-refractivity contribution < 1.29 is 14.7 Å². The Balaban J connectivity index is 1.72. The first kappa shape index (κ1) is 17.9. The van der Waals surface area contributed by atoms with Crippen molar-refractivity contribution >= 4 is 51.9 Å². The Kier molecular flexibility index (Phi) is 5.72. The van der Waals surface area contributed by atoms with Gasteiger partial charge in [0.05, 0.1) is 4.91 Å². The maximum absolute atomic E-state index is 12.3. The van der Waals surface area contributed by atoms with Gasteiger partial charge >= 0.3 is 5.97 Å². The van der Waals surface area contributed by atoms with Gasteiger partial charge in [-0.15, -0.1) is 0 Å². The minimum Gasteiger partial charge on any atom is -0.480 e. The maximum Gasteiger partial charge on any atom is 0.323 e. The number of hydrogen-bond donors (Lipinski definition) is 2. The van der Waals surface area contributed by atoms with Crippen molar-refractivity contribution in [3.63, 3.8) is 0 Å². The molecule has 2 heterocycles. The fraction of sp³-hybridized carbons (Fsp3) is 0.353. The van der Waals surface area contributed by atoms with Gasteiger partial charge in [0.15, 0.2) is 0 Å². The summed E-state index contributed by atoms with van der Waals surface area (Å²) in [5.41, 5.74) is 2.06. The number of nitrogens with one attached hydrogen (secondary N) is 1. The van der Waals surface area contributed by atoms with Gasteiger partial charge in [-0.3, -0.25) is 14.5 Å². The highest BCUT2D eigenvalue weighted by Crippen LogP contribution is 2.32. The van der Waals surface area contributed by atoms with E-state index < -0.39 is 12.5 Å². The number of amides is 1. The molecule has 2 saturated heterocycles. The third-order valence-electron chi connectivity index (χ3n) is 4.06. The molecule has 0 atom stereocenters. The molecule has 2 aliphatic rings. The topological polar surface area (TPSA) is 72.9 Å². The van der Waals surface area contributed by atoms with Crippen molar-refractivity contribution in [1.82, 2.24) is 10.2 Å². The molecule has 2 N–H and O–H groups in total. The molecule has 25 heavy (non-hydrogen) atoms. The first-order chi connectivity index (χ1) is 12.0. The second-order valence-corrected chi connectivity index (χ2v) is 7.52. The van der Waals surface area contributed by atoms with Gasteiger partial charge < -0.3 is 15.3 Å². The smallest absolute Gasteiger partial charge is 0.323 e. The van der Waals surface area contributed by atoms with Crippen LogP contribution in [0.25, 0.3) is 6.08 Å². The van der Waals surface area contributed by atoms with E-state index in [1.165, 1.54) is 5.69 Å². The number of carbonyl (C=O) groups is 2. The van der Waals surface area contributed by atoms with Crippen LogP contribution in [-0.2, 0) is 9.59 Å². The molecule has 1 aromatic rings. The van der Waals surface area contributed by atoms with Gasteiger partial charge in [-0.05, 0) is 36.7 Å². The molecule has 2 fully saturated rings. The van der Waals surface area contributed by atoms with Crippen LogP contribution in [0.3, 0.4) is 0 Å². The number of anilines is 1. The fourth-order valence-corrected chi connectivity index (χ4v) is 4.06. The second-order valence-electron chi connectivity index (χ2n) is 5.84. The van der Waals surface area contributed by atoms with E-state index in [1.54, 1.807) is 6.08 Å². The molecule has 2 aliphatic heterocycles. The molecule has 0 saturated carbocycles. The van der Waals surface area contributed by atoms with E-state index in [4.69, 9.17) is 17.3 Å². The van der Waals surface area contributed by atoms with Crippen molar-refractivity contribution in [3.8, 4) is 0 Å². The van der Waals surface area contributed by atoms with Gasteiger partial charge in [-0.25, -0.2) is 0 Å². The molecule has 0 aliphatic carbocycles. The predicted molar refractivity (Wildman–Crippen MR) is 104 cm³/mol. The minimum atomic E-state index is -1.08. The Labute approximate surface area is 155 Å². The highest BCUT2D eigenvalue weighted by molar-refractivity contribution is 8.26. The number of rotatable bonds is 4. The van der Waals surface area contributed by atoms with Crippen LogP contribution in [0.2, 0.25) is 0 Å². The number of hydrogen-bond acceptors (Lipinski definition) is 6. The van der Waals surface area contributed by atoms with E-state index in [0.717, 1.165) is 54.8 Å². The minimum absolute atomic E-state index is 0.285. The van der Waals surface area contributed by atoms with Crippen LogP contribution in [0, 0.1) is 0 Å². The monoisotopic (exact) mass is 377 g/mol. The van der Waals surface area contributed by atoms with E-state index in [2.05, 4.69) is 22.3 Å². The molecule has 8 heteroatoms. The van der Waals surface area contributed by atoms with Crippen molar-refractivity contribution in [3.05, 3.63) is 34.7 Å². The van der Waals surface area contributed by atoms with Crippen LogP contribution < -0.4 is 10.2 Å². The summed E-state index contributed by atoms with van der Waals surface area (Å²) in [5, 5.41) is 12.3. The summed E-state index contributed by atoms with van der Waals surface area (Å²) in [7, 11) is 0. The molecule has 0 bridgehead atoms. The summed E-state index contributed by atoms with van der Waals surface area (Å²) in [6, 6.07) is 8.04. The largest absolute Gasteiger partial charge is 0.480 e. The third-order valence-corrected chi connectivity index (χ3v) is 5.44. The molecule has 1 aromatic carbocycles. The number of thiocarbonyl (C=S) groups is 1. The van der Waals surface area contributed by atoms with Crippen molar-refractivity contribution in [2.75, 3.05) is 37.6 Å². The SMILES string of the molecule is O=C(O)CN1C(=O)C(=Cc2ccc(N3CCCNCC3)cc2)SC1=S. The summed E-state index contributed by atoms with van der Waals surface area (Å²) >= 11 is 6.24. The number of aliphatic carboxylic acids is 1. The Morgan fingerprint density at radius 1 is 1.28 bits per heavy atom. The van der Waals surface area contributed by atoms with Crippen molar-refractivity contribution in [2.24, 2.45) is 0 Å². The number of nitrogens with zero attached hydrogens (tertiary/aromatic N) is 2. The van der Waals surface area contributed by atoms with Gasteiger partial charge in [0.1, 0.15) is 10.9 Å². The highest BCUT2D eigenvalue weighted by atomic mass is 32.2. The van der Waals surface area contributed by atoms with Gasteiger partial charge in [-0.1, -0.05) is 36.1 Å². The summed E-state index contributed by atoms with van der Waals surface area (Å²) in [4.78, 5) is 27.0. The first-order valence-electron chi connectivity index (χ1n) is 8.07. The van der Waals surface area contributed by atoms with E-state index in [9.17, 15) is 9.59 Å². The molecule has 6 nitrogen and oxygen atoms in total. The first-order valence-corrected chi connectivity index (χ1v) is 9.30. The zero-order chi connectivity index (χ0) is 17.8. The van der Waals surface area contributed by atoms with Crippen molar-refractivity contribution in [1.29, 1.82) is 0 Å². The molecule has 0 radical (unpaired) electrons. The van der Waals surface area contributed by atoms with Crippen LogP contribution in [0.4, 0.5) is 5.69 Å². The van der Waals surface area contributed by atoms with Crippen LogP contribution in [0.15, 0.2) is 29.2 Å². The third kappa shape index (κ3) is 4.39. The summed E-state index contributed by atoms with van der Waals surface area (Å²) in [5.74, 6) is -1.42. The van der Waals surface area contributed by atoms with Crippen LogP contribution in [0.1, 0.15) is 12.0 Å². The number of benzene rings is 1. The Morgan fingerprint density at radius 3 is 2.76 bits per heavy atom. The standard InChI is InChI=1S/C17H19N3O3S2/c21-15(22)11-20-16(23)14(25-17(20)24)10-12-2-4-13(5-3-12)19-8-1-6-18-7-9-19/h2-5,10,18H,1,6-9,11H2,(H,21,22). The maximum atomic E-state index is 12.3. The zero-order valence-electron chi connectivity index (χ0n) is 13.6. The average Bonchev–Trinajstić information content (AvgIpc) is 2.79. The Morgan fingerprint density at radius 2 is 2.04 bits per heavy atom. The summed E-state index contributed by atoms with van der Waals surface area (Å²) in [6.45, 7) is 3.64. The predicted octanol–water partition coefficient (Wildman–Crippen LogP) is 1.77. The van der Waals surface area contributed by atoms with E-state index in [1.807, 2.05) is 12.1 Å². The molecule has 1 amide bonds. The number of carboxylic acid groups (broad SMARTS) is 1. The van der Waals surface area contributed by atoms with Gasteiger partial charge in [0.2, 0.25) is 0 Å². The van der Waals surface area contributed by atoms with Crippen LogP contribution in [-0.4, -0.2) is 58.9 Å². The number of carboxylic acids is 1. The van der Waals surface area contributed by atoms with E-state index in [0.29, 0.717) is 4.91 Å². The summed E-state index contributed by atoms with van der Waals surface area (Å²) in [6.07, 6.45) is 2.88. The zero-order valence-corrected chi connectivity index (χ0v) is 15.2. The number of thioether (sulfide) groups is 1. The van der Waals surface area contributed by atoms with Crippen LogP contribution >= 0.6 is 24.0 Å². The average molecular weight is 377 g/mol. The fourth-order valence-electron chi connectivity index (χ4n) is 2.81. The van der Waals surface area contributed by atoms with E-state index in [-0.39, 0.29) is 10.2 Å². The molecule has 3 rings (SSSR count). The lowest BCUT2D eigenvalue weighted by Crippen LogP contribution is -2.33. The summed E-state index contributed by atoms with van der Waals surface area (Å²) < 4.78 is 0.285. The molecule has 132 valence electrons. The normalized spacial score (nSPS) is 20.2. The lowest BCUT2D eigenvalue weighted by molar-refractivity contribution is -0.140. The van der Waals surface area contributed by atoms with Gasteiger partial charge in [-0.2, -0.15) is 0 Å². The second kappa shape index (κ2) is 7.99. The Bertz CT molecular complexity index is 710. The molecule has 0 unspecified atom stereocenters. The van der Waals surface area contributed by atoms with Crippen molar-refractivity contribution in [2.45, 2.75) is 6.42 Å². The van der Waals surface area contributed by atoms with E-state index >= 15 is 0 Å². The lowest BCUT2D eigenvalue weighted by atomic mass is 10.1. The quantitative estimate of drug-likeness (QED) is 0.612.